The van der Waals surface area contributed by atoms with Crippen LogP contribution in [0.15, 0.2) is 22.5 Å². The summed E-state index contributed by atoms with van der Waals surface area (Å²) in [6.45, 7) is 5.95. The van der Waals surface area contributed by atoms with Crippen molar-refractivity contribution in [2.75, 3.05) is 26.7 Å². The zero-order chi connectivity index (χ0) is 13.5. The first kappa shape index (κ1) is 14.3. The molecule has 1 unspecified atom stereocenters. The SMILES string of the molecule is CCNC(=NCc1cccs1)NCC1CCCN1C. The molecule has 0 radical (unpaired) electrons. The Morgan fingerprint density at radius 3 is 3.05 bits per heavy atom. The molecule has 0 amide bonds. The predicted molar refractivity (Wildman–Crippen MR) is 82.8 cm³/mol. The zero-order valence-corrected chi connectivity index (χ0v) is 12.7. The molecule has 5 heteroatoms. The molecule has 1 aliphatic rings. The molecule has 2 rings (SSSR count). The molecular formula is C14H24N4S. The lowest BCUT2D eigenvalue weighted by molar-refractivity contribution is 0.309. The quantitative estimate of drug-likeness (QED) is 0.639. The lowest BCUT2D eigenvalue weighted by atomic mass is 10.2. The highest BCUT2D eigenvalue weighted by Gasteiger charge is 2.20. The lowest BCUT2D eigenvalue weighted by Gasteiger charge is -2.21. The molecule has 2 heterocycles. The fourth-order valence-electron chi connectivity index (χ4n) is 2.35. The Kier molecular flexibility index (Phi) is 5.66. The average molecular weight is 280 g/mol. The molecule has 0 aromatic carbocycles. The Bertz CT molecular complexity index is 388. The summed E-state index contributed by atoms with van der Waals surface area (Å²) < 4.78 is 0. The van der Waals surface area contributed by atoms with E-state index in [1.54, 1.807) is 11.3 Å². The highest BCUT2D eigenvalue weighted by atomic mass is 32.1. The number of hydrogen-bond acceptors (Lipinski definition) is 3. The van der Waals surface area contributed by atoms with Crippen LogP contribution in [0, 0.1) is 0 Å². The molecule has 19 heavy (non-hydrogen) atoms. The molecule has 0 bridgehead atoms. The van der Waals surface area contributed by atoms with E-state index in [4.69, 9.17) is 0 Å². The first-order valence-corrected chi connectivity index (χ1v) is 7.92. The van der Waals surface area contributed by atoms with E-state index in [9.17, 15) is 0 Å². The van der Waals surface area contributed by atoms with Crippen LogP contribution in [0.4, 0.5) is 0 Å². The fourth-order valence-corrected chi connectivity index (χ4v) is 2.98. The summed E-state index contributed by atoms with van der Waals surface area (Å²) >= 11 is 1.76. The van der Waals surface area contributed by atoms with Crippen molar-refractivity contribution in [2.24, 2.45) is 4.99 Å². The minimum absolute atomic E-state index is 0.644. The van der Waals surface area contributed by atoms with Gasteiger partial charge in [-0.3, -0.25) is 0 Å². The number of guanidine groups is 1. The maximum atomic E-state index is 4.63. The van der Waals surface area contributed by atoms with E-state index in [0.29, 0.717) is 6.04 Å². The van der Waals surface area contributed by atoms with Crippen LogP contribution in [0.2, 0.25) is 0 Å². The summed E-state index contributed by atoms with van der Waals surface area (Å²) in [5.41, 5.74) is 0. The summed E-state index contributed by atoms with van der Waals surface area (Å²) in [6.07, 6.45) is 2.60. The molecule has 1 aliphatic heterocycles. The monoisotopic (exact) mass is 280 g/mol. The number of hydrogen-bond donors (Lipinski definition) is 2. The molecule has 1 aromatic rings. The zero-order valence-electron chi connectivity index (χ0n) is 11.9. The lowest BCUT2D eigenvalue weighted by Crippen LogP contribution is -2.43. The van der Waals surface area contributed by atoms with Crippen molar-refractivity contribution in [1.82, 2.24) is 15.5 Å². The van der Waals surface area contributed by atoms with Gasteiger partial charge in [0.2, 0.25) is 0 Å². The van der Waals surface area contributed by atoms with E-state index in [-0.39, 0.29) is 0 Å². The van der Waals surface area contributed by atoms with Gasteiger partial charge in [-0.2, -0.15) is 0 Å². The standard InChI is InChI=1S/C14H24N4S/c1-3-15-14(17-11-13-7-5-9-19-13)16-10-12-6-4-8-18(12)2/h5,7,9,12H,3-4,6,8,10-11H2,1-2H3,(H2,15,16,17). The number of aliphatic imine (C=N–C) groups is 1. The van der Waals surface area contributed by atoms with E-state index >= 15 is 0 Å². The normalized spacial score (nSPS) is 20.7. The van der Waals surface area contributed by atoms with Gasteiger partial charge in [0.25, 0.3) is 0 Å². The van der Waals surface area contributed by atoms with Crippen LogP contribution in [-0.2, 0) is 6.54 Å². The van der Waals surface area contributed by atoms with Crippen molar-refractivity contribution in [3.05, 3.63) is 22.4 Å². The van der Waals surface area contributed by atoms with E-state index in [2.05, 4.69) is 52.0 Å². The van der Waals surface area contributed by atoms with Crippen LogP contribution in [0.25, 0.3) is 0 Å². The van der Waals surface area contributed by atoms with Gasteiger partial charge in [-0.15, -0.1) is 11.3 Å². The van der Waals surface area contributed by atoms with Crippen LogP contribution in [0.5, 0.6) is 0 Å². The van der Waals surface area contributed by atoms with Crippen LogP contribution in [0.1, 0.15) is 24.6 Å². The second-order valence-corrected chi connectivity index (χ2v) is 5.96. The summed E-state index contributed by atoms with van der Waals surface area (Å²) in [6, 6.07) is 4.84. The van der Waals surface area contributed by atoms with E-state index in [0.717, 1.165) is 25.6 Å². The van der Waals surface area contributed by atoms with Crippen molar-refractivity contribution in [3.63, 3.8) is 0 Å². The molecule has 106 valence electrons. The number of nitrogens with zero attached hydrogens (tertiary/aromatic N) is 2. The van der Waals surface area contributed by atoms with Crippen molar-refractivity contribution < 1.29 is 0 Å². The van der Waals surface area contributed by atoms with Crippen molar-refractivity contribution in [1.29, 1.82) is 0 Å². The van der Waals surface area contributed by atoms with Crippen LogP contribution in [-0.4, -0.2) is 43.6 Å². The minimum atomic E-state index is 0.644. The molecule has 1 atom stereocenters. The Hall–Kier alpha value is -1.07. The third kappa shape index (κ3) is 4.51. The highest BCUT2D eigenvalue weighted by molar-refractivity contribution is 7.09. The van der Waals surface area contributed by atoms with Gasteiger partial charge in [-0.05, 0) is 44.8 Å². The largest absolute Gasteiger partial charge is 0.357 e. The molecule has 1 saturated heterocycles. The third-order valence-electron chi connectivity index (χ3n) is 3.49. The van der Waals surface area contributed by atoms with Gasteiger partial charge in [0.1, 0.15) is 0 Å². The van der Waals surface area contributed by atoms with Crippen molar-refractivity contribution >= 4 is 17.3 Å². The number of likely N-dealkylation sites (tertiary alicyclic amines) is 1. The molecule has 0 saturated carbocycles. The molecular weight excluding hydrogens is 256 g/mol. The highest BCUT2D eigenvalue weighted by Crippen LogP contribution is 2.13. The van der Waals surface area contributed by atoms with Crippen molar-refractivity contribution in [3.8, 4) is 0 Å². The second-order valence-electron chi connectivity index (χ2n) is 4.93. The maximum Gasteiger partial charge on any atom is 0.191 e. The Morgan fingerprint density at radius 1 is 1.53 bits per heavy atom. The Balaban J connectivity index is 1.83. The number of thiophene rings is 1. The van der Waals surface area contributed by atoms with Gasteiger partial charge < -0.3 is 15.5 Å². The Morgan fingerprint density at radius 2 is 2.42 bits per heavy atom. The molecule has 4 nitrogen and oxygen atoms in total. The minimum Gasteiger partial charge on any atom is -0.357 e. The summed E-state index contributed by atoms with van der Waals surface area (Å²) in [4.78, 5) is 8.36. The molecule has 1 aromatic heterocycles. The molecule has 1 fully saturated rings. The third-order valence-corrected chi connectivity index (χ3v) is 4.36. The molecule has 0 spiro atoms. The van der Waals surface area contributed by atoms with Gasteiger partial charge in [-0.25, -0.2) is 4.99 Å². The van der Waals surface area contributed by atoms with E-state index < -0.39 is 0 Å². The van der Waals surface area contributed by atoms with Gasteiger partial charge in [0, 0.05) is 24.0 Å². The number of rotatable bonds is 5. The van der Waals surface area contributed by atoms with Crippen LogP contribution >= 0.6 is 11.3 Å². The van der Waals surface area contributed by atoms with Gasteiger partial charge >= 0.3 is 0 Å². The van der Waals surface area contributed by atoms with Crippen LogP contribution in [0.3, 0.4) is 0 Å². The molecule has 2 N–H and O–H groups in total. The number of likely N-dealkylation sites (N-methyl/N-ethyl adjacent to an activating group) is 1. The summed E-state index contributed by atoms with van der Waals surface area (Å²) in [5.74, 6) is 0.927. The smallest absolute Gasteiger partial charge is 0.191 e. The van der Waals surface area contributed by atoms with E-state index in [1.165, 1.54) is 24.3 Å². The van der Waals surface area contributed by atoms with Gasteiger partial charge in [0.15, 0.2) is 5.96 Å². The van der Waals surface area contributed by atoms with Gasteiger partial charge in [0.05, 0.1) is 6.54 Å². The second kappa shape index (κ2) is 7.50. The maximum absolute atomic E-state index is 4.63. The van der Waals surface area contributed by atoms with E-state index in [1.807, 2.05) is 0 Å². The first-order chi connectivity index (χ1) is 9.29. The fraction of sp³-hybridized carbons (Fsp3) is 0.643. The summed E-state index contributed by atoms with van der Waals surface area (Å²) in [5, 5.41) is 8.86. The molecule has 0 aliphatic carbocycles. The first-order valence-electron chi connectivity index (χ1n) is 7.04. The predicted octanol–water partition coefficient (Wildman–Crippen LogP) is 1.90. The number of nitrogens with one attached hydrogen (secondary N) is 2. The topological polar surface area (TPSA) is 39.7 Å². The average Bonchev–Trinajstić information content (AvgIpc) is 3.04. The van der Waals surface area contributed by atoms with Crippen LogP contribution < -0.4 is 10.6 Å². The Labute approximate surface area is 119 Å². The summed E-state index contributed by atoms with van der Waals surface area (Å²) in [7, 11) is 2.20. The van der Waals surface area contributed by atoms with Crippen molar-refractivity contribution in [2.45, 2.75) is 32.4 Å². The van der Waals surface area contributed by atoms with Gasteiger partial charge in [-0.1, -0.05) is 6.07 Å².